The van der Waals surface area contributed by atoms with Crippen LogP contribution < -0.4 is 5.73 Å². The van der Waals surface area contributed by atoms with Gasteiger partial charge in [-0.3, -0.25) is 4.57 Å². The number of rotatable bonds is 9. The largest absolute Gasteiger partial charge is 0.369 e. The van der Waals surface area contributed by atoms with Gasteiger partial charge in [0.1, 0.15) is 6.73 Å². The summed E-state index contributed by atoms with van der Waals surface area (Å²) in [4.78, 5) is 4.32. The number of unbranched alkanes of at least 4 members (excludes halogenated alkanes) is 5. The van der Waals surface area contributed by atoms with Crippen molar-refractivity contribution in [3.05, 3.63) is 24.3 Å². The Kier molecular flexibility index (Phi) is 5.87. The summed E-state index contributed by atoms with van der Waals surface area (Å²) in [5.74, 6) is 0.522. The number of hydrogen-bond donors (Lipinski definition) is 1. The van der Waals surface area contributed by atoms with Crippen molar-refractivity contribution < 1.29 is 4.74 Å². The first-order valence-electron chi connectivity index (χ1n) is 7.61. The summed E-state index contributed by atoms with van der Waals surface area (Å²) >= 11 is 0. The standard InChI is InChI=1S/C16H25N3O/c1-2-3-4-5-6-9-12-20-13-19-15-11-8-7-10-14(15)18-16(19)17/h7-8,10-11H,2-6,9,12-13H2,1H3,(H2,17,18). The Morgan fingerprint density at radius 2 is 1.85 bits per heavy atom. The molecule has 0 radical (unpaired) electrons. The molecule has 1 heterocycles. The number of nitrogens with zero attached hydrogens (tertiary/aromatic N) is 2. The van der Waals surface area contributed by atoms with E-state index in [2.05, 4.69) is 11.9 Å². The number of benzene rings is 1. The summed E-state index contributed by atoms with van der Waals surface area (Å²) in [7, 11) is 0. The highest BCUT2D eigenvalue weighted by molar-refractivity contribution is 5.78. The molecule has 4 nitrogen and oxygen atoms in total. The molecule has 0 unspecified atom stereocenters. The lowest BCUT2D eigenvalue weighted by atomic mass is 10.1. The van der Waals surface area contributed by atoms with Crippen LogP contribution in [0.3, 0.4) is 0 Å². The molecule has 2 rings (SSSR count). The molecule has 0 aliphatic heterocycles. The Hall–Kier alpha value is -1.55. The predicted octanol–water partition coefficient (Wildman–Crippen LogP) is 3.95. The van der Waals surface area contributed by atoms with Crippen molar-refractivity contribution in [2.45, 2.75) is 52.2 Å². The van der Waals surface area contributed by atoms with Crippen LogP contribution in [-0.2, 0) is 11.5 Å². The van der Waals surface area contributed by atoms with Gasteiger partial charge in [-0.25, -0.2) is 4.98 Å². The minimum atomic E-state index is 0.487. The van der Waals surface area contributed by atoms with Crippen molar-refractivity contribution in [3.8, 4) is 0 Å². The van der Waals surface area contributed by atoms with Crippen LogP contribution in [-0.4, -0.2) is 16.2 Å². The fourth-order valence-electron chi connectivity index (χ4n) is 2.37. The lowest BCUT2D eigenvalue weighted by Crippen LogP contribution is -2.07. The van der Waals surface area contributed by atoms with Crippen molar-refractivity contribution >= 4 is 17.0 Å². The quantitative estimate of drug-likeness (QED) is 0.705. The van der Waals surface area contributed by atoms with Crippen molar-refractivity contribution in [2.24, 2.45) is 0 Å². The molecule has 0 spiro atoms. The molecular formula is C16H25N3O. The average molecular weight is 275 g/mol. The van der Waals surface area contributed by atoms with Gasteiger partial charge < -0.3 is 10.5 Å². The summed E-state index contributed by atoms with van der Waals surface area (Å²) < 4.78 is 7.64. The number of nitrogen functional groups attached to an aromatic ring is 1. The molecule has 20 heavy (non-hydrogen) atoms. The van der Waals surface area contributed by atoms with E-state index in [1.807, 2.05) is 28.8 Å². The number of fused-ring (bicyclic) bond motifs is 1. The minimum Gasteiger partial charge on any atom is -0.369 e. The van der Waals surface area contributed by atoms with Crippen LogP contribution >= 0.6 is 0 Å². The first kappa shape index (κ1) is 14.9. The second-order valence-electron chi connectivity index (χ2n) is 5.19. The van der Waals surface area contributed by atoms with Crippen molar-refractivity contribution in [2.75, 3.05) is 12.3 Å². The van der Waals surface area contributed by atoms with Crippen molar-refractivity contribution in [1.82, 2.24) is 9.55 Å². The molecule has 0 atom stereocenters. The Morgan fingerprint density at radius 1 is 1.10 bits per heavy atom. The van der Waals surface area contributed by atoms with Gasteiger partial charge in [0.2, 0.25) is 5.95 Å². The first-order valence-corrected chi connectivity index (χ1v) is 7.61. The number of para-hydroxylation sites is 2. The molecule has 0 amide bonds. The van der Waals surface area contributed by atoms with Crippen LogP contribution in [0.15, 0.2) is 24.3 Å². The maximum absolute atomic E-state index is 5.92. The van der Waals surface area contributed by atoms with Crippen molar-refractivity contribution in [1.29, 1.82) is 0 Å². The smallest absolute Gasteiger partial charge is 0.203 e. The Morgan fingerprint density at radius 3 is 2.70 bits per heavy atom. The molecule has 4 heteroatoms. The SMILES string of the molecule is CCCCCCCCOCn1c(N)nc2ccccc21. The second kappa shape index (κ2) is 7.90. The third kappa shape index (κ3) is 3.97. The van der Waals surface area contributed by atoms with E-state index in [1.54, 1.807) is 0 Å². The number of nitrogens with two attached hydrogens (primary N) is 1. The van der Waals surface area contributed by atoms with E-state index in [4.69, 9.17) is 10.5 Å². The number of anilines is 1. The molecule has 1 aromatic carbocycles. The summed E-state index contributed by atoms with van der Waals surface area (Å²) in [5, 5.41) is 0. The van der Waals surface area contributed by atoms with E-state index >= 15 is 0 Å². The summed E-state index contributed by atoms with van der Waals surface area (Å²) in [5.41, 5.74) is 7.88. The lowest BCUT2D eigenvalue weighted by molar-refractivity contribution is 0.0776. The molecule has 110 valence electrons. The fourth-order valence-corrected chi connectivity index (χ4v) is 2.37. The van der Waals surface area contributed by atoms with Gasteiger partial charge in [0.15, 0.2) is 0 Å². The van der Waals surface area contributed by atoms with Crippen LogP contribution in [0.1, 0.15) is 45.4 Å². The fraction of sp³-hybridized carbons (Fsp3) is 0.562. The third-order valence-electron chi connectivity index (χ3n) is 3.55. The van der Waals surface area contributed by atoms with E-state index in [9.17, 15) is 0 Å². The predicted molar refractivity (Wildman–Crippen MR) is 83.5 cm³/mol. The normalized spacial score (nSPS) is 11.2. The van der Waals surface area contributed by atoms with Crippen LogP contribution in [0.4, 0.5) is 5.95 Å². The van der Waals surface area contributed by atoms with Gasteiger partial charge in [-0.05, 0) is 18.6 Å². The highest BCUT2D eigenvalue weighted by atomic mass is 16.5. The van der Waals surface area contributed by atoms with Gasteiger partial charge in [-0.15, -0.1) is 0 Å². The van der Waals surface area contributed by atoms with Gasteiger partial charge in [-0.2, -0.15) is 0 Å². The van der Waals surface area contributed by atoms with E-state index in [0.717, 1.165) is 24.1 Å². The zero-order chi connectivity index (χ0) is 14.2. The summed E-state index contributed by atoms with van der Waals surface area (Å²) in [6.07, 6.45) is 7.67. The average Bonchev–Trinajstić information content (AvgIpc) is 2.78. The van der Waals surface area contributed by atoms with E-state index in [-0.39, 0.29) is 0 Å². The molecule has 2 aromatic rings. The molecule has 1 aromatic heterocycles. The molecule has 0 aliphatic carbocycles. The maximum Gasteiger partial charge on any atom is 0.203 e. The van der Waals surface area contributed by atoms with Gasteiger partial charge in [0, 0.05) is 6.61 Å². The summed E-state index contributed by atoms with van der Waals surface area (Å²) in [6, 6.07) is 7.95. The van der Waals surface area contributed by atoms with Gasteiger partial charge in [0.05, 0.1) is 11.0 Å². The minimum absolute atomic E-state index is 0.487. The Balaban J connectivity index is 1.72. The Bertz CT molecular complexity index is 521. The zero-order valence-electron chi connectivity index (χ0n) is 12.3. The highest BCUT2D eigenvalue weighted by Gasteiger charge is 2.06. The molecule has 0 saturated heterocycles. The highest BCUT2D eigenvalue weighted by Crippen LogP contribution is 2.17. The van der Waals surface area contributed by atoms with E-state index < -0.39 is 0 Å². The van der Waals surface area contributed by atoms with E-state index in [1.165, 1.54) is 32.1 Å². The Labute approximate surface area is 120 Å². The number of hydrogen-bond acceptors (Lipinski definition) is 3. The molecule has 0 aliphatic rings. The van der Waals surface area contributed by atoms with Gasteiger partial charge in [-0.1, -0.05) is 51.2 Å². The lowest BCUT2D eigenvalue weighted by Gasteiger charge is -2.07. The van der Waals surface area contributed by atoms with Crippen LogP contribution in [0.5, 0.6) is 0 Å². The first-order chi connectivity index (χ1) is 9.83. The van der Waals surface area contributed by atoms with Gasteiger partial charge >= 0.3 is 0 Å². The summed E-state index contributed by atoms with van der Waals surface area (Å²) in [6.45, 7) is 3.52. The van der Waals surface area contributed by atoms with Crippen LogP contribution in [0.25, 0.3) is 11.0 Å². The zero-order valence-corrected chi connectivity index (χ0v) is 12.3. The van der Waals surface area contributed by atoms with Gasteiger partial charge in [0.25, 0.3) is 0 Å². The number of aromatic nitrogens is 2. The van der Waals surface area contributed by atoms with Crippen LogP contribution in [0.2, 0.25) is 0 Å². The monoisotopic (exact) mass is 275 g/mol. The molecule has 0 bridgehead atoms. The molecular weight excluding hydrogens is 250 g/mol. The third-order valence-corrected chi connectivity index (χ3v) is 3.55. The second-order valence-corrected chi connectivity index (χ2v) is 5.19. The van der Waals surface area contributed by atoms with Crippen LogP contribution in [0, 0.1) is 0 Å². The number of ether oxygens (including phenoxy) is 1. The molecule has 0 saturated carbocycles. The van der Waals surface area contributed by atoms with Crippen molar-refractivity contribution in [3.63, 3.8) is 0 Å². The molecule has 0 fully saturated rings. The number of imidazole rings is 1. The topological polar surface area (TPSA) is 53.1 Å². The van der Waals surface area contributed by atoms with E-state index in [0.29, 0.717) is 12.7 Å². The molecule has 2 N–H and O–H groups in total. The maximum atomic E-state index is 5.92.